The van der Waals surface area contributed by atoms with Crippen molar-refractivity contribution in [3.8, 4) is 0 Å². The van der Waals surface area contributed by atoms with Crippen molar-refractivity contribution < 1.29 is 9.53 Å². The van der Waals surface area contributed by atoms with Gasteiger partial charge < -0.3 is 4.74 Å². The molecule has 0 fully saturated rings. The topological polar surface area (TPSA) is 26.3 Å². The quantitative estimate of drug-likeness (QED) is 0.577. The maximum atomic E-state index is 11.1. The van der Waals surface area contributed by atoms with E-state index in [1.807, 2.05) is 6.92 Å². The van der Waals surface area contributed by atoms with Crippen molar-refractivity contribution in [3.05, 3.63) is 28.3 Å². The highest BCUT2D eigenvalue weighted by molar-refractivity contribution is 7.80. The molecule has 1 rings (SSSR count). The lowest BCUT2D eigenvalue weighted by molar-refractivity contribution is 0.0600. The highest BCUT2D eigenvalue weighted by Gasteiger charge is 2.09. The summed E-state index contributed by atoms with van der Waals surface area (Å²) in [5.74, 6) is -0.380. The second-order valence-corrected chi connectivity index (χ2v) is 3.48. The van der Waals surface area contributed by atoms with E-state index in [-0.39, 0.29) is 5.97 Å². The first-order valence-corrected chi connectivity index (χ1v) is 4.46. The SMILES string of the molecule is COC(=O)c1cc(C)c(Cl)c(S)c1. The summed E-state index contributed by atoms with van der Waals surface area (Å²) in [6.45, 7) is 1.81. The molecular weight excluding hydrogens is 208 g/mol. The molecule has 0 aliphatic carbocycles. The van der Waals surface area contributed by atoms with Gasteiger partial charge in [0.2, 0.25) is 0 Å². The molecular formula is C9H9ClO2S. The zero-order chi connectivity index (χ0) is 10.0. The molecule has 0 saturated carbocycles. The van der Waals surface area contributed by atoms with Gasteiger partial charge in [-0.2, -0.15) is 0 Å². The van der Waals surface area contributed by atoms with Gasteiger partial charge in [-0.3, -0.25) is 0 Å². The fraction of sp³-hybridized carbons (Fsp3) is 0.222. The van der Waals surface area contributed by atoms with Crippen LogP contribution in [-0.4, -0.2) is 13.1 Å². The van der Waals surface area contributed by atoms with Crippen LogP contribution in [0.3, 0.4) is 0 Å². The van der Waals surface area contributed by atoms with E-state index in [4.69, 9.17) is 11.6 Å². The van der Waals surface area contributed by atoms with Gasteiger partial charge in [-0.05, 0) is 24.6 Å². The number of aryl methyl sites for hydroxylation is 1. The monoisotopic (exact) mass is 216 g/mol. The van der Waals surface area contributed by atoms with Gasteiger partial charge >= 0.3 is 5.97 Å². The Morgan fingerprint density at radius 3 is 2.62 bits per heavy atom. The number of thiol groups is 1. The summed E-state index contributed by atoms with van der Waals surface area (Å²) in [7, 11) is 1.34. The first kappa shape index (κ1) is 10.4. The van der Waals surface area contributed by atoms with E-state index in [0.717, 1.165) is 5.56 Å². The number of halogens is 1. The molecule has 0 radical (unpaired) electrons. The lowest BCUT2D eigenvalue weighted by Gasteiger charge is -2.04. The van der Waals surface area contributed by atoms with Crippen LogP contribution >= 0.6 is 24.2 Å². The summed E-state index contributed by atoms with van der Waals surface area (Å²) in [5.41, 5.74) is 1.28. The minimum atomic E-state index is -0.380. The molecule has 0 bridgehead atoms. The van der Waals surface area contributed by atoms with Gasteiger partial charge in [0.25, 0.3) is 0 Å². The molecule has 1 aromatic carbocycles. The Kier molecular flexibility index (Phi) is 3.22. The zero-order valence-electron chi connectivity index (χ0n) is 7.30. The van der Waals surface area contributed by atoms with E-state index >= 15 is 0 Å². The van der Waals surface area contributed by atoms with Crippen LogP contribution in [0.1, 0.15) is 15.9 Å². The smallest absolute Gasteiger partial charge is 0.337 e. The number of hydrogen-bond donors (Lipinski definition) is 1. The first-order chi connectivity index (χ1) is 6.06. The van der Waals surface area contributed by atoms with E-state index in [0.29, 0.717) is 15.5 Å². The van der Waals surface area contributed by atoms with Crippen molar-refractivity contribution in [2.75, 3.05) is 7.11 Å². The third kappa shape index (κ3) is 2.17. The van der Waals surface area contributed by atoms with Crippen LogP contribution in [0.2, 0.25) is 5.02 Å². The predicted octanol–water partition coefficient (Wildman–Crippen LogP) is 2.72. The van der Waals surface area contributed by atoms with Crippen molar-refractivity contribution in [1.82, 2.24) is 0 Å². The van der Waals surface area contributed by atoms with Gasteiger partial charge in [0.15, 0.2) is 0 Å². The minimum absolute atomic E-state index is 0.380. The standard InChI is InChI=1S/C9H9ClO2S/c1-5-3-6(9(11)12-2)4-7(13)8(5)10/h3-4,13H,1-2H3. The summed E-state index contributed by atoms with van der Waals surface area (Å²) in [4.78, 5) is 11.7. The Hall–Kier alpha value is -0.670. The number of carbonyl (C=O) groups excluding carboxylic acids is 1. The Morgan fingerprint density at radius 1 is 1.54 bits per heavy atom. The van der Waals surface area contributed by atoms with E-state index in [1.165, 1.54) is 7.11 Å². The molecule has 1 aromatic rings. The Balaban J connectivity index is 3.20. The van der Waals surface area contributed by atoms with Crippen LogP contribution in [0.4, 0.5) is 0 Å². The second kappa shape index (κ2) is 4.03. The number of ether oxygens (including phenoxy) is 1. The molecule has 70 valence electrons. The molecule has 13 heavy (non-hydrogen) atoms. The lowest BCUT2D eigenvalue weighted by atomic mass is 10.1. The van der Waals surface area contributed by atoms with Crippen LogP contribution in [0.25, 0.3) is 0 Å². The van der Waals surface area contributed by atoms with Gasteiger partial charge in [-0.1, -0.05) is 11.6 Å². The average Bonchev–Trinajstić information content (AvgIpc) is 2.12. The number of benzene rings is 1. The van der Waals surface area contributed by atoms with Gasteiger partial charge in [-0.25, -0.2) is 4.79 Å². The molecule has 0 aromatic heterocycles. The van der Waals surface area contributed by atoms with Gasteiger partial charge in [0, 0.05) is 4.90 Å². The molecule has 0 saturated heterocycles. The average molecular weight is 217 g/mol. The minimum Gasteiger partial charge on any atom is -0.465 e. The molecule has 0 aliphatic rings. The number of hydrogen-bond acceptors (Lipinski definition) is 3. The summed E-state index contributed by atoms with van der Waals surface area (Å²) < 4.78 is 4.57. The maximum absolute atomic E-state index is 11.1. The fourth-order valence-electron chi connectivity index (χ4n) is 0.987. The van der Waals surface area contributed by atoms with Crippen LogP contribution in [0.5, 0.6) is 0 Å². The Morgan fingerprint density at radius 2 is 2.15 bits per heavy atom. The predicted molar refractivity (Wildman–Crippen MR) is 54.8 cm³/mol. The molecule has 0 spiro atoms. The van der Waals surface area contributed by atoms with Crippen LogP contribution in [-0.2, 0) is 4.74 Å². The van der Waals surface area contributed by atoms with Gasteiger partial charge in [0.1, 0.15) is 0 Å². The second-order valence-electron chi connectivity index (χ2n) is 2.62. The van der Waals surface area contributed by atoms with Crippen LogP contribution in [0.15, 0.2) is 17.0 Å². The number of carbonyl (C=O) groups is 1. The largest absolute Gasteiger partial charge is 0.465 e. The van der Waals surface area contributed by atoms with E-state index in [2.05, 4.69) is 17.4 Å². The normalized spacial score (nSPS) is 9.85. The molecule has 0 atom stereocenters. The Bertz CT molecular complexity index is 326. The Labute approximate surface area is 87.3 Å². The van der Waals surface area contributed by atoms with Crippen molar-refractivity contribution in [2.24, 2.45) is 0 Å². The van der Waals surface area contributed by atoms with E-state index in [9.17, 15) is 4.79 Å². The highest BCUT2D eigenvalue weighted by Crippen LogP contribution is 2.25. The molecule has 0 amide bonds. The van der Waals surface area contributed by atoms with Crippen molar-refractivity contribution in [1.29, 1.82) is 0 Å². The third-order valence-corrected chi connectivity index (χ3v) is 2.64. The highest BCUT2D eigenvalue weighted by atomic mass is 35.5. The molecule has 4 heteroatoms. The number of methoxy groups -OCH3 is 1. The van der Waals surface area contributed by atoms with E-state index in [1.54, 1.807) is 12.1 Å². The molecule has 0 aliphatic heterocycles. The van der Waals surface area contributed by atoms with Crippen molar-refractivity contribution in [2.45, 2.75) is 11.8 Å². The maximum Gasteiger partial charge on any atom is 0.337 e. The lowest BCUT2D eigenvalue weighted by Crippen LogP contribution is -2.01. The molecule has 2 nitrogen and oxygen atoms in total. The number of rotatable bonds is 1. The summed E-state index contributed by atoms with van der Waals surface area (Å²) in [5, 5.41) is 0.566. The fourth-order valence-corrected chi connectivity index (χ4v) is 1.41. The van der Waals surface area contributed by atoms with Crippen molar-refractivity contribution in [3.63, 3.8) is 0 Å². The van der Waals surface area contributed by atoms with Crippen LogP contribution in [0, 0.1) is 6.92 Å². The van der Waals surface area contributed by atoms with E-state index < -0.39 is 0 Å². The summed E-state index contributed by atoms with van der Waals surface area (Å²) >= 11 is 10.00. The van der Waals surface area contributed by atoms with Crippen LogP contribution < -0.4 is 0 Å². The van der Waals surface area contributed by atoms with Gasteiger partial charge in [-0.15, -0.1) is 12.6 Å². The van der Waals surface area contributed by atoms with Crippen molar-refractivity contribution >= 4 is 30.2 Å². The zero-order valence-corrected chi connectivity index (χ0v) is 8.95. The molecule has 0 unspecified atom stereocenters. The third-order valence-electron chi connectivity index (χ3n) is 1.66. The first-order valence-electron chi connectivity index (χ1n) is 3.63. The molecule has 0 heterocycles. The van der Waals surface area contributed by atoms with Gasteiger partial charge in [0.05, 0.1) is 17.7 Å². The molecule has 0 N–H and O–H groups in total. The summed E-state index contributed by atoms with van der Waals surface area (Å²) in [6, 6.07) is 3.26. The number of esters is 1. The summed E-state index contributed by atoms with van der Waals surface area (Å²) in [6.07, 6.45) is 0.